The number of aliphatic hydroxyl groups excluding tert-OH is 1. The summed E-state index contributed by atoms with van der Waals surface area (Å²) in [6.45, 7) is 7.30. The van der Waals surface area contributed by atoms with Gasteiger partial charge >= 0.3 is 39.5 Å². The van der Waals surface area contributed by atoms with Crippen molar-refractivity contribution in [3.05, 3.63) is 0 Å². The zero-order valence-electron chi connectivity index (χ0n) is 65.3. The highest BCUT2D eigenvalue weighted by molar-refractivity contribution is 7.47. The van der Waals surface area contributed by atoms with Gasteiger partial charge in [-0.25, -0.2) is 9.13 Å². The van der Waals surface area contributed by atoms with Crippen LogP contribution in [0.1, 0.15) is 433 Å². The summed E-state index contributed by atoms with van der Waals surface area (Å²) in [7, 11) is -9.92. The molecule has 17 nitrogen and oxygen atoms in total. The fraction of sp³-hybridized carbons (Fsp3) is 0.951. The molecule has 0 bridgehead atoms. The van der Waals surface area contributed by atoms with Gasteiger partial charge in [-0.3, -0.25) is 37.3 Å². The summed E-state index contributed by atoms with van der Waals surface area (Å²) in [5, 5.41) is 10.6. The van der Waals surface area contributed by atoms with Crippen LogP contribution in [-0.4, -0.2) is 96.7 Å². The number of unbranched alkanes of at least 4 members (excludes halogenated alkanes) is 52. The van der Waals surface area contributed by atoms with Crippen molar-refractivity contribution >= 4 is 39.5 Å². The first-order chi connectivity index (χ1) is 48.6. The minimum Gasteiger partial charge on any atom is -0.462 e. The van der Waals surface area contributed by atoms with Gasteiger partial charge in [0.15, 0.2) is 12.2 Å². The standard InChI is InChI=1S/C81H158O17P2/c1-6-10-13-16-19-22-25-28-31-33-35-38-41-44-47-50-57-62-66-80(85)97-76(70-91-78(83)64-59-54-48-45-42-39-37-34-32-29-26-23-20-17-14-11-7-2)72-95-99(87,88)93-68-75(82)69-94-100(89,90)96-73-77(71-92-79(84)65-60-55-52-51-53-58-63-74(5)9-4)98-81(86)67-61-56-49-46-43-40-36-30-27-24-21-18-15-12-8-3/h74-77,82H,6-73H2,1-5H3,(H,87,88)(H,89,90)/t74?,75-,76-,77-/m1/s1. The van der Waals surface area contributed by atoms with Crippen LogP contribution >= 0.6 is 15.6 Å². The fourth-order valence-corrected chi connectivity index (χ4v) is 14.1. The summed E-state index contributed by atoms with van der Waals surface area (Å²) in [6, 6.07) is 0. The molecule has 3 unspecified atom stereocenters. The van der Waals surface area contributed by atoms with Crippen molar-refractivity contribution in [2.75, 3.05) is 39.6 Å². The average molecular weight is 1470 g/mol. The van der Waals surface area contributed by atoms with Crippen molar-refractivity contribution in [1.29, 1.82) is 0 Å². The number of ether oxygens (including phenoxy) is 4. The molecule has 0 aliphatic carbocycles. The van der Waals surface area contributed by atoms with Gasteiger partial charge in [0.2, 0.25) is 0 Å². The molecule has 0 aliphatic rings. The van der Waals surface area contributed by atoms with E-state index in [0.29, 0.717) is 25.7 Å². The summed E-state index contributed by atoms with van der Waals surface area (Å²) in [6.07, 6.45) is 65.2. The Morgan fingerprint density at radius 1 is 0.280 bits per heavy atom. The maximum atomic E-state index is 13.1. The normalized spacial score (nSPS) is 14.1. The van der Waals surface area contributed by atoms with Crippen molar-refractivity contribution in [2.24, 2.45) is 5.92 Å². The minimum absolute atomic E-state index is 0.108. The first-order valence-electron chi connectivity index (χ1n) is 42.2. The van der Waals surface area contributed by atoms with Crippen LogP contribution in [0, 0.1) is 5.92 Å². The third-order valence-corrected chi connectivity index (χ3v) is 21.3. The zero-order valence-corrected chi connectivity index (χ0v) is 67.1. The summed E-state index contributed by atoms with van der Waals surface area (Å²) in [5.74, 6) is -1.37. The lowest BCUT2D eigenvalue weighted by atomic mass is 10.00. The van der Waals surface area contributed by atoms with Gasteiger partial charge in [0, 0.05) is 25.7 Å². The Kier molecular flexibility index (Phi) is 72.5. The first kappa shape index (κ1) is 98.1. The van der Waals surface area contributed by atoms with E-state index in [9.17, 15) is 43.2 Å². The topological polar surface area (TPSA) is 237 Å². The highest BCUT2D eigenvalue weighted by atomic mass is 31.2. The predicted molar refractivity (Wildman–Crippen MR) is 409 cm³/mol. The molecular formula is C81H158O17P2. The molecule has 3 N–H and O–H groups in total. The molecule has 0 radical (unpaired) electrons. The van der Waals surface area contributed by atoms with Crippen LogP contribution < -0.4 is 0 Å². The van der Waals surface area contributed by atoms with Crippen LogP contribution in [0.5, 0.6) is 0 Å². The Balaban J connectivity index is 5.24. The van der Waals surface area contributed by atoms with Crippen molar-refractivity contribution in [3.8, 4) is 0 Å². The van der Waals surface area contributed by atoms with Gasteiger partial charge in [-0.15, -0.1) is 0 Å². The van der Waals surface area contributed by atoms with E-state index in [1.165, 1.54) is 250 Å². The monoisotopic (exact) mass is 1470 g/mol. The number of phosphoric ester groups is 2. The Morgan fingerprint density at radius 3 is 0.710 bits per heavy atom. The largest absolute Gasteiger partial charge is 0.472 e. The Bertz CT molecular complexity index is 1910. The van der Waals surface area contributed by atoms with E-state index >= 15 is 0 Å². The Morgan fingerprint density at radius 2 is 0.480 bits per heavy atom. The van der Waals surface area contributed by atoms with Gasteiger partial charge in [0.1, 0.15) is 19.3 Å². The molecule has 0 saturated heterocycles. The number of phosphoric acid groups is 2. The van der Waals surface area contributed by atoms with E-state index in [4.69, 9.17) is 37.0 Å². The molecule has 0 saturated carbocycles. The summed E-state index contributed by atoms with van der Waals surface area (Å²) < 4.78 is 68.7. The third-order valence-electron chi connectivity index (χ3n) is 19.4. The van der Waals surface area contributed by atoms with Crippen LogP contribution in [0.15, 0.2) is 0 Å². The molecule has 0 aromatic carbocycles. The van der Waals surface area contributed by atoms with Crippen LogP contribution in [0.25, 0.3) is 0 Å². The van der Waals surface area contributed by atoms with Gasteiger partial charge < -0.3 is 33.8 Å². The van der Waals surface area contributed by atoms with E-state index in [1.54, 1.807) is 0 Å². The molecule has 0 spiro atoms. The maximum absolute atomic E-state index is 13.1. The van der Waals surface area contributed by atoms with Gasteiger partial charge in [-0.05, 0) is 31.6 Å². The number of hydrogen-bond donors (Lipinski definition) is 3. The maximum Gasteiger partial charge on any atom is 0.472 e. The number of hydrogen-bond acceptors (Lipinski definition) is 15. The van der Waals surface area contributed by atoms with Crippen molar-refractivity contribution in [3.63, 3.8) is 0 Å². The molecule has 594 valence electrons. The molecule has 0 heterocycles. The van der Waals surface area contributed by atoms with E-state index < -0.39 is 97.5 Å². The molecule has 0 rings (SSSR count). The van der Waals surface area contributed by atoms with E-state index in [0.717, 1.165) is 102 Å². The van der Waals surface area contributed by atoms with Gasteiger partial charge in [-0.2, -0.15) is 0 Å². The number of rotatable bonds is 81. The molecule has 0 aromatic rings. The van der Waals surface area contributed by atoms with Gasteiger partial charge in [-0.1, -0.05) is 381 Å². The Hall–Kier alpha value is -1.94. The molecule has 6 atom stereocenters. The number of esters is 4. The van der Waals surface area contributed by atoms with Crippen LogP contribution in [-0.2, 0) is 65.4 Å². The van der Waals surface area contributed by atoms with E-state index in [1.807, 2.05) is 0 Å². The van der Waals surface area contributed by atoms with Crippen LogP contribution in [0.4, 0.5) is 0 Å². The highest BCUT2D eigenvalue weighted by Crippen LogP contribution is 2.45. The van der Waals surface area contributed by atoms with Crippen molar-refractivity contribution in [1.82, 2.24) is 0 Å². The lowest BCUT2D eigenvalue weighted by Crippen LogP contribution is -2.30. The molecule has 0 aromatic heterocycles. The smallest absolute Gasteiger partial charge is 0.462 e. The lowest BCUT2D eigenvalue weighted by Gasteiger charge is -2.21. The third kappa shape index (κ3) is 73.0. The van der Waals surface area contributed by atoms with E-state index in [2.05, 4.69) is 34.6 Å². The van der Waals surface area contributed by atoms with Crippen LogP contribution in [0.3, 0.4) is 0 Å². The van der Waals surface area contributed by atoms with Crippen LogP contribution in [0.2, 0.25) is 0 Å². The molecule has 0 aliphatic heterocycles. The first-order valence-corrected chi connectivity index (χ1v) is 45.2. The van der Waals surface area contributed by atoms with Gasteiger partial charge in [0.25, 0.3) is 0 Å². The summed E-state index contributed by atoms with van der Waals surface area (Å²) in [5.41, 5.74) is 0. The van der Waals surface area contributed by atoms with E-state index in [-0.39, 0.29) is 25.7 Å². The quantitative estimate of drug-likeness (QED) is 0.0222. The second-order valence-corrected chi connectivity index (χ2v) is 32.3. The summed E-state index contributed by atoms with van der Waals surface area (Å²) in [4.78, 5) is 73.0. The molecule has 0 amide bonds. The lowest BCUT2D eigenvalue weighted by molar-refractivity contribution is -0.161. The second-order valence-electron chi connectivity index (χ2n) is 29.4. The molecule has 0 fully saturated rings. The van der Waals surface area contributed by atoms with Gasteiger partial charge in [0.05, 0.1) is 26.4 Å². The highest BCUT2D eigenvalue weighted by Gasteiger charge is 2.30. The summed E-state index contributed by atoms with van der Waals surface area (Å²) >= 11 is 0. The fourth-order valence-electron chi connectivity index (χ4n) is 12.6. The van der Waals surface area contributed by atoms with Crippen molar-refractivity contribution < 1.29 is 80.2 Å². The number of aliphatic hydroxyl groups is 1. The predicted octanol–water partition coefficient (Wildman–Crippen LogP) is 24.4. The second kappa shape index (κ2) is 73.9. The average Bonchev–Trinajstić information content (AvgIpc) is 0.932. The SMILES string of the molecule is CCCCCCCCCCCCCCCCCCCCC(=O)O[C@H](COC(=O)CCCCCCCCCCCCCCCCCCC)COP(=O)(O)OC[C@@H](O)COP(=O)(O)OC[C@@H](COC(=O)CCCCCCCCC(C)CC)OC(=O)CCCCCCCCCCCCCCCCC. The molecule has 100 heavy (non-hydrogen) atoms. The number of carbonyl (C=O) groups is 4. The molecular weight excluding hydrogens is 1310 g/mol. The van der Waals surface area contributed by atoms with Crippen molar-refractivity contribution in [2.45, 2.75) is 451 Å². The minimum atomic E-state index is -4.96. The zero-order chi connectivity index (χ0) is 73.4. The molecule has 19 heteroatoms. The Labute approximate surface area is 613 Å². The number of carbonyl (C=O) groups excluding carboxylic acids is 4.